The first-order valence-corrected chi connectivity index (χ1v) is 10.6. The van der Waals surface area contributed by atoms with Gasteiger partial charge in [0.25, 0.3) is 5.91 Å². The second-order valence-corrected chi connectivity index (χ2v) is 9.04. The third-order valence-corrected chi connectivity index (χ3v) is 7.09. The van der Waals surface area contributed by atoms with Gasteiger partial charge in [-0.05, 0) is 50.2 Å². The predicted molar refractivity (Wildman–Crippen MR) is 102 cm³/mol. The Balaban J connectivity index is 1.53. The normalized spacial score (nSPS) is 22.3. The molecule has 1 saturated heterocycles. The number of primary amides is 1. The quantitative estimate of drug-likeness (QED) is 0.616. The molecule has 2 heterocycles. The minimum absolute atomic E-state index is 0.120. The minimum Gasteiger partial charge on any atom is -0.477 e. The third kappa shape index (κ3) is 3.91. The van der Waals surface area contributed by atoms with Crippen LogP contribution in [0.1, 0.15) is 54.6 Å². The molecule has 146 valence electrons. The molecule has 1 aliphatic heterocycles. The maximum atomic E-state index is 12.7. The summed E-state index contributed by atoms with van der Waals surface area (Å²) in [6.07, 6.45) is 4.74. The molecule has 4 N–H and O–H groups in total. The molecule has 0 bridgehead atoms. The first kappa shape index (κ1) is 18.6. The lowest BCUT2D eigenvalue weighted by Gasteiger charge is -2.41. The summed E-state index contributed by atoms with van der Waals surface area (Å²) in [6.45, 7) is 0.559. The van der Waals surface area contributed by atoms with Crippen LogP contribution in [-0.2, 0) is 10.4 Å². The molecule has 1 aromatic rings. The van der Waals surface area contributed by atoms with Gasteiger partial charge >= 0.3 is 0 Å². The fraction of sp³-hybridized carbons (Fsp3) is 0.632. The molecule has 0 spiro atoms. The van der Waals surface area contributed by atoms with Crippen molar-refractivity contribution in [1.82, 2.24) is 10.3 Å². The van der Waals surface area contributed by atoms with E-state index in [4.69, 9.17) is 10.5 Å². The van der Waals surface area contributed by atoms with Crippen LogP contribution in [-0.4, -0.2) is 45.6 Å². The molecule has 0 radical (unpaired) electrons. The number of aromatic nitrogens is 1. The van der Waals surface area contributed by atoms with Crippen LogP contribution in [0.15, 0.2) is 12.1 Å². The summed E-state index contributed by atoms with van der Waals surface area (Å²) < 4.78 is 5.88. The van der Waals surface area contributed by atoms with Gasteiger partial charge < -0.3 is 20.9 Å². The van der Waals surface area contributed by atoms with Gasteiger partial charge in [0.05, 0.1) is 24.2 Å². The van der Waals surface area contributed by atoms with Gasteiger partial charge in [-0.2, -0.15) is 11.8 Å². The summed E-state index contributed by atoms with van der Waals surface area (Å²) in [5, 5.41) is 13.7. The first-order chi connectivity index (χ1) is 12.9. The standard InChI is InChI=1S/C19H25N3O4S/c20-15(23)8-18(10-27-11-18)22-16(24)14-5-4-13(19(25)6-1-7-19)17(21-14)26-9-12-2-3-12/h4-5,12,25H,1-3,6-11H2,(H2,20,23)(H,22,24). The number of thioether (sulfide) groups is 1. The van der Waals surface area contributed by atoms with Crippen molar-refractivity contribution in [2.75, 3.05) is 18.1 Å². The number of nitrogens with one attached hydrogen (secondary N) is 1. The fourth-order valence-corrected chi connectivity index (χ4v) is 4.54. The van der Waals surface area contributed by atoms with E-state index in [9.17, 15) is 14.7 Å². The monoisotopic (exact) mass is 391 g/mol. The molecule has 0 atom stereocenters. The van der Waals surface area contributed by atoms with E-state index in [1.807, 2.05) is 0 Å². The summed E-state index contributed by atoms with van der Waals surface area (Å²) >= 11 is 1.66. The average Bonchev–Trinajstić information content (AvgIpc) is 3.39. The maximum Gasteiger partial charge on any atom is 0.270 e. The van der Waals surface area contributed by atoms with Crippen molar-refractivity contribution >= 4 is 23.6 Å². The number of pyridine rings is 1. The molecule has 7 nitrogen and oxygen atoms in total. The summed E-state index contributed by atoms with van der Waals surface area (Å²) in [4.78, 5) is 28.5. The number of carbonyl (C=O) groups excluding carboxylic acids is 2. The number of aliphatic hydroxyl groups is 1. The van der Waals surface area contributed by atoms with Gasteiger partial charge in [-0.1, -0.05) is 0 Å². The van der Waals surface area contributed by atoms with Crippen molar-refractivity contribution in [3.05, 3.63) is 23.4 Å². The molecule has 0 aromatic carbocycles. The smallest absolute Gasteiger partial charge is 0.270 e. The van der Waals surface area contributed by atoms with Gasteiger partial charge in [0, 0.05) is 17.1 Å². The topological polar surface area (TPSA) is 115 Å². The minimum atomic E-state index is -0.904. The van der Waals surface area contributed by atoms with Gasteiger partial charge in [-0.15, -0.1) is 0 Å². The molecule has 27 heavy (non-hydrogen) atoms. The average molecular weight is 391 g/mol. The second kappa shape index (κ2) is 6.98. The van der Waals surface area contributed by atoms with Crippen LogP contribution in [0.3, 0.4) is 0 Å². The Labute approximate surface area is 162 Å². The highest BCUT2D eigenvalue weighted by atomic mass is 32.2. The lowest BCUT2D eigenvalue weighted by Crippen LogP contribution is -2.59. The lowest BCUT2D eigenvalue weighted by atomic mass is 9.75. The zero-order valence-electron chi connectivity index (χ0n) is 15.2. The van der Waals surface area contributed by atoms with E-state index in [0.29, 0.717) is 48.3 Å². The van der Waals surface area contributed by atoms with Crippen LogP contribution in [0.2, 0.25) is 0 Å². The number of nitrogens with two attached hydrogens (primary N) is 1. The van der Waals surface area contributed by atoms with E-state index < -0.39 is 17.0 Å². The van der Waals surface area contributed by atoms with Crippen molar-refractivity contribution in [2.24, 2.45) is 11.7 Å². The summed E-state index contributed by atoms with van der Waals surface area (Å²) in [6, 6.07) is 3.37. The van der Waals surface area contributed by atoms with E-state index >= 15 is 0 Å². The van der Waals surface area contributed by atoms with Crippen molar-refractivity contribution in [1.29, 1.82) is 0 Å². The zero-order valence-corrected chi connectivity index (χ0v) is 16.0. The van der Waals surface area contributed by atoms with E-state index in [1.165, 1.54) is 0 Å². The van der Waals surface area contributed by atoms with Gasteiger partial charge in [0.15, 0.2) is 0 Å². The Hall–Kier alpha value is -1.80. The van der Waals surface area contributed by atoms with Crippen molar-refractivity contribution in [3.63, 3.8) is 0 Å². The number of rotatable bonds is 8. The Morgan fingerprint density at radius 2 is 2.07 bits per heavy atom. The Morgan fingerprint density at radius 3 is 2.59 bits per heavy atom. The van der Waals surface area contributed by atoms with Gasteiger partial charge in [-0.3, -0.25) is 9.59 Å². The molecule has 3 fully saturated rings. The number of ether oxygens (including phenoxy) is 1. The summed E-state index contributed by atoms with van der Waals surface area (Å²) in [5.41, 5.74) is 4.73. The number of hydrogen-bond donors (Lipinski definition) is 3. The van der Waals surface area contributed by atoms with Crippen LogP contribution in [0.25, 0.3) is 0 Å². The van der Waals surface area contributed by atoms with Crippen LogP contribution in [0.5, 0.6) is 5.88 Å². The highest BCUT2D eigenvalue weighted by molar-refractivity contribution is 8.00. The first-order valence-electron chi connectivity index (χ1n) is 9.44. The molecule has 2 amide bonds. The van der Waals surface area contributed by atoms with Gasteiger partial charge in [0.2, 0.25) is 11.8 Å². The van der Waals surface area contributed by atoms with Crippen LogP contribution in [0, 0.1) is 5.92 Å². The molecule has 2 saturated carbocycles. The fourth-order valence-electron chi connectivity index (χ4n) is 3.50. The largest absolute Gasteiger partial charge is 0.477 e. The molecule has 1 aromatic heterocycles. The van der Waals surface area contributed by atoms with Gasteiger partial charge in [-0.25, -0.2) is 4.98 Å². The molecular formula is C19H25N3O4S. The highest BCUT2D eigenvalue weighted by Crippen LogP contribution is 2.44. The summed E-state index contributed by atoms with van der Waals surface area (Å²) in [5.74, 6) is 1.43. The van der Waals surface area contributed by atoms with Crippen LogP contribution >= 0.6 is 11.8 Å². The maximum absolute atomic E-state index is 12.7. The van der Waals surface area contributed by atoms with E-state index in [2.05, 4.69) is 10.3 Å². The molecule has 2 aliphatic carbocycles. The van der Waals surface area contributed by atoms with E-state index in [0.717, 1.165) is 19.3 Å². The number of carbonyl (C=O) groups is 2. The van der Waals surface area contributed by atoms with Crippen molar-refractivity contribution < 1.29 is 19.4 Å². The van der Waals surface area contributed by atoms with Crippen LogP contribution in [0.4, 0.5) is 0 Å². The zero-order chi connectivity index (χ0) is 19.1. The van der Waals surface area contributed by atoms with E-state index in [-0.39, 0.29) is 18.0 Å². The second-order valence-electron chi connectivity index (χ2n) is 8.06. The van der Waals surface area contributed by atoms with Crippen molar-refractivity contribution in [2.45, 2.75) is 49.7 Å². The Kier molecular flexibility index (Phi) is 4.80. The SMILES string of the molecule is NC(=O)CC1(NC(=O)c2ccc(C3(O)CCC3)c(OCC3CC3)n2)CSC1. The van der Waals surface area contributed by atoms with E-state index in [1.54, 1.807) is 23.9 Å². The predicted octanol–water partition coefficient (Wildman–Crippen LogP) is 1.33. The molecule has 3 aliphatic rings. The third-order valence-electron chi connectivity index (χ3n) is 5.58. The number of amides is 2. The highest BCUT2D eigenvalue weighted by Gasteiger charge is 2.42. The lowest BCUT2D eigenvalue weighted by molar-refractivity contribution is -0.119. The number of nitrogens with zero attached hydrogens (tertiary/aromatic N) is 1. The van der Waals surface area contributed by atoms with Gasteiger partial charge in [0.1, 0.15) is 5.69 Å². The molecule has 8 heteroatoms. The summed E-state index contributed by atoms with van der Waals surface area (Å²) in [7, 11) is 0. The van der Waals surface area contributed by atoms with Crippen LogP contribution < -0.4 is 15.8 Å². The molecule has 0 unspecified atom stereocenters. The molecular weight excluding hydrogens is 366 g/mol. The Morgan fingerprint density at radius 1 is 1.33 bits per heavy atom. The molecule has 4 rings (SSSR count). The van der Waals surface area contributed by atoms with Crippen molar-refractivity contribution in [3.8, 4) is 5.88 Å². The Bertz CT molecular complexity index is 757. The number of hydrogen-bond acceptors (Lipinski definition) is 6.